The lowest BCUT2D eigenvalue weighted by molar-refractivity contribution is 0.148. The van der Waals surface area contributed by atoms with Crippen LogP contribution in [0.2, 0.25) is 0 Å². The molecular weight excluding hydrogens is 364 g/mol. The highest BCUT2D eigenvalue weighted by molar-refractivity contribution is 7.89. The molecule has 2 aromatic carbocycles. The first-order chi connectivity index (χ1) is 13.0. The van der Waals surface area contributed by atoms with E-state index in [9.17, 15) is 8.42 Å². The SMILES string of the molecule is CCOc1ccc(S(=O)(=O)N2CCN(C)C(c3cccc(OC)c3)C2)cc1. The molecule has 1 saturated heterocycles. The van der Waals surface area contributed by atoms with E-state index in [-0.39, 0.29) is 6.04 Å². The molecule has 1 heterocycles. The van der Waals surface area contributed by atoms with Gasteiger partial charge in [0.25, 0.3) is 0 Å². The fourth-order valence-electron chi connectivity index (χ4n) is 3.30. The summed E-state index contributed by atoms with van der Waals surface area (Å²) in [5.74, 6) is 1.44. The van der Waals surface area contributed by atoms with Gasteiger partial charge in [-0.3, -0.25) is 4.90 Å². The Bertz CT molecular complexity index is 868. The van der Waals surface area contributed by atoms with Gasteiger partial charge in [-0.15, -0.1) is 0 Å². The number of ether oxygens (including phenoxy) is 2. The number of rotatable bonds is 6. The van der Waals surface area contributed by atoms with Crippen LogP contribution in [0.4, 0.5) is 0 Å². The molecule has 0 bridgehead atoms. The molecule has 6 nitrogen and oxygen atoms in total. The highest BCUT2D eigenvalue weighted by Gasteiger charge is 2.33. The summed E-state index contributed by atoms with van der Waals surface area (Å²) in [6.45, 7) is 3.98. The standard InChI is InChI=1S/C20H26N2O4S/c1-4-26-17-8-10-19(11-9-17)27(23,24)22-13-12-21(2)20(15-22)16-6-5-7-18(14-16)25-3/h5-11,14,20H,4,12-13,15H2,1-3H3. The first-order valence-electron chi connectivity index (χ1n) is 9.03. The van der Waals surface area contributed by atoms with Gasteiger partial charge in [0.05, 0.1) is 18.6 Å². The summed E-state index contributed by atoms with van der Waals surface area (Å²) in [6, 6.07) is 14.4. The van der Waals surface area contributed by atoms with Crippen molar-refractivity contribution in [3.05, 3.63) is 54.1 Å². The van der Waals surface area contributed by atoms with Crippen molar-refractivity contribution in [2.75, 3.05) is 40.4 Å². The average molecular weight is 391 g/mol. The maximum absolute atomic E-state index is 13.1. The summed E-state index contributed by atoms with van der Waals surface area (Å²) >= 11 is 0. The van der Waals surface area contributed by atoms with Gasteiger partial charge in [-0.2, -0.15) is 4.31 Å². The Hall–Kier alpha value is -2.09. The van der Waals surface area contributed by atoms with Crippen LogP contribution in [0.25, 0.3) is 0 Å². The summed E-state index contributed by atoms with van der Waals surface area (Å²) < 4.78 is 38.5. The molecule has 0 radical (unpaired) electrons. The predicted molar refractivity (Wildman–Crippen MR) is 105 cm³/mol. The van der Waals surface area contributed by atoms with Crippen molar-refractivity contribution >= 4 is 10.0 Å². The molecule has 1 aliphatic heterocycles. The lowest BCUT2D eigenvalue weighted by Crippen LogP contribution is -2.48. The number of nitrogens with zero attached hydrogens (tertiary/aromatic N) is 2. The Labute approximate surface area is 161 Å². The number of piperazine rings is 1. The number of hydrogen-bond donors (Lipinski definition) is 0. The molecule has 7 heteroatoms. The molecular formula is C20H26N2O4S. The van der Waals surface area contributed by atoms with Crippen LogP contribution in [-0.4, -0.2) is 58.0 Å². The van der Waals surface area contributed by atoms with Gasteiger partial charge >= 0.3 is 0 Å². The maximum atomic E-state index is 13.1. The largest absolute Gasteiger partial charge is 0.497 e. The molecule has 0 spiro atoms. The second-order valence-electron chi connectivity index (χ2n) is 6.54. The van der Waals surface area contributed by atoms with Gasteiger partial charge in [-0.1, -0.05) is 12.1 Å². The van der Waals surface area contributed by atoms with Crippen LogP contribution in [0.5, 0.6) is 11.5 Å². The van der Waals surface area contributed by atoms with E-state index < -0.39 is 10.0 Å². The first-order valence-corrected chi connectivity index (χ1v) is 10.5. The number of benzene rings is 2. The van der Waals surface area contributed by atoms with E-state index >= 15 is 0 Å². The van der Waals surface area contributed by atoms with Gasteiger partial charge in [0.2, 0.25) is 10.0 Å². The van der Waals surface area contributed by atoms with E-state index in [1.165, 1.54) is 0 Å². The molecule has 3 rings (SSSR count). The fraction of sp³-hybridized carbons (Fsp3) is 0.400. The Balaban J connectivity index is 1.83. The first kappa shape index (κ1) is 19.7. The van der Waals surface area contributed by atoms with Crippen LogP contribution < -0.4 is 9.47 Å². The lowest BCUT2D eigenvalue weighted by atomic mass is 10.0. The van der Waals surface area contributed by atoms with Crippen molar-refractivity contribution in [1.82, 2.24) is 9.21 Å². The third-order valence-electron chi connectivity index (χ3n) is 4.86. The molecule has 1 atom stereocenters. The molecule has 0 aromatic heterocycles. The quantitative estimate of drug-likeness (QED) is 0.759. The second-order valence-corrected chi connectivity index (χ2v) is 8.48. The van der Waals surface area contributed by atoms with Crippen LogP contribution in [0, 0.1) is 0 Å². The Morgan fingerprint density at radius 1 is 1.07 bits per heavy atom. The van der Waals surface area contributed by atoms with Gasteiger partial charge < -0.3 is 9.47 Å². The number of likely N-dealkylation sites (N-methyl/N-ethyl adjacent to an activating group) is 1. The van der Waals surface area contributed by atoms with Crippen LogP contribution in [-0.2, 0) is 10.0 Å². The van der Waals surface area contributed by atoms with Gasteiger partial charge in [0.15, 0.2) is 0 Å². The van der Waals surface area contributed by atoms with Crippen LogP contribution in [0.3, 0.4) is 0 Å². The summed E-state index contributed by atoms with van der Waals surface area (Å²) in [7, 11) is 0.0963. The van der Waals surface area contributed by atoms with Crippen molar-refractivity contribution in [2.45, 2.75) is 17.9 Å². The maximum Gasteiger partial charge on any atom is 0.243 e. The molecule has 0 N–H and O–H groups in total. The minimum absolute atomic E-state index is 0.0219. The van der Waals surface area contributed by atoms with Gasteiger partial charge in [-0.25, -0.2) is 8.42 Å². The minimum atomic E-state index is -3.55. The van der Waals surface area contributed by atoms with E-state index in [1.54, 1.807) is 35.7 Å². The number of sulfonamides is 1. The zero-order valence-electron chi connectivity index (χ0n) is 16.0. The van der Waals surface area contributed by atoms with E-state index in [4.69, 9.17) is 9.47 Å². The average Bonchev–Trinajstić information content (AvgIpc) is 2.69. The monoisotopic (exact) mass is 390 g/mol. The van der Waals surface area contributed by atoms with Gasteiger partial charge in [0, 0.05) is 25.7 Å². The van der Waals surface area contributed by atoms with Crippen LogP contribution >= 0.6 is 0 Å². The summed E-state index contributed by atoms with van der Waals surface area (Å²) in [5, 5.41) is 0. The van der Waals surface area contributed by atoms with Gasteiger partial charge in [0.1, 0.15) is 11.5 Å². The highest BCUT2D eigenvalue weighted by atomic mass is 32.2. The predicted octanol–water partition coefficient (Wildman–Crippen LogP) is 2.77. The molecule has 146 valence electrons. The molecule has 27 heavy (non-hydrogen) atoms. The minimum Gasteiger partial charge on any atom is -0.497 e. The van der Waals surface area contributed by atoms with Crippen molar-refractivity contribution in [2.24, 2.45) is 0 Å². The molecule has 2 aromatic rings. The van der Waals surface area contributed by atoms with E-state index in [2.05, 4.69) is 4.90 Å². The zero-order chi connectivity index (χ0) is 19.4. The Morgan fingerprint density at radius 2 is 1.81 bits per heavy atom. The van der Waals surface area contributed by atoms with E-state index in [1.807, 2.05) is 38.2 Å². The molecule has 1 aliphatic rings. The molecule has 0 aliphatic carbocycles. The van der Waals surface area contributed by atoms with E-state index in [0.717, 1.165) is 11.3 Å². The van der Waals surface area contributed by atoms with Crippen molar-refractivity contribution in [3.63, 3.8) is 0 Å². The Morgan fingerprint density at radius 3 is 2.48 bits per heavy atom. The molecule has 0 saturated carbocycles. The third-order valence-corrected chi connectivity index (χ3v) is 6.74. The smallest absolute Gasteiger partial charge is 0.243 e. The van der Waals surface area contributed by atoms with Crippen molar-refractivity contribution in [3.8, 4) is 11.5 Å². The summed E-state index contributed by atoms with van der Waals surface area (Å²) in [5.41, 5.74) is 1.04. The number of methoxy groups -OCH3 is 1. The molecule has 1 fully saturated rings. The molecule has 1 unspecified atom stereocenters. The highest BCUT2D eigenvalue weighted by Crippen LogP contribution is 2.30. The third kappa shape index (κ3) is 4.26. The number of hydrogen-bond acceptors (Lipinski definition) is 5. The normalized spacial score (nSPS) is 19.0. The topological polar surface area (TPSA) is 59.1 Å². The zero-order valence-corrected chi connectivity index (χ0v) is 16.8. The van der Waals surface area contributed by atoms with E-state index in [0.29, 0.717) is 36.9 Å². The lowest BCUT2D eigenvalue weighted by Gasteiger charge is -2.39. The van der Waals surface area contributed by atoms with Crippen molar-refractivity contribution in [1.29, 1.82) is 0 Å². The fourth-order valence-corrected chi connectivity index (χ4v) is 4.74. The van der Waals surface area contributed by atoms with Gasteiger partial charge in [-0.05, 0) is 55.9 Å². The summed E-state index contributed by atoms with van der Waals surface area (Å²) in [4.78, 5) is 2.47. The Kier molecular flexibility index (Phi) is 6.04. The van der Waals surface area contributed by atoms with Crippen LogP contribution in [0.15, 0.2) is 53.4 Å². The molecule has 0 amide bonds. The van der Waals surface area contributed by atoms with Crippen molar-refractivity contribution < 1.29 is 17.9 Å². The second kappa shape index (κ2) is 8.29. The van der Waals surface area contributed by atoms with Crippen LogP contribution in [0.1, 0.15) is 18.5 Å². The summed E-state index contributed by atoms with van der Waals surface area (Å²) in [6.07, 6.45) is 0.